The van der Waals surface area contributed by atoms with Crippen molar-refractivity contribution in [3.63, 3.8) is 0 Å². The van der Waals surface area contributed by atoms with Gasteiger partial charge in [0.25, 0.3) is 0 Å². The fourth-order valence-corrected chi connectivity index (χ4v) is 2.66. The molecule has 0 aromatic heterocycles. The van der Waals surface area contributed by atoms with Gasteiger partial charge in [-0.05, 0) is 33.1 Å². The summed E-state index contributed by atoms with van der Waals surface area (Å²) < 4.78 is 28.3. The summed E-state index contributed by atoms with van der Waals surface area (Å²) >= 11 is 0. The lowest BCUT2D eigenvalue weighted by atomic mass is 10.2. The monoisotopic (exact) mass is 192 g/mol. The van der Waals surface area contributed by atoms with Crippen LogP contribution in [0.5, 0.6) is 0 Å². The lowest BCUT2D eigenvalue weighted by Gasteiger charge is -2.24. The molecule has 0 aromatic rings. The van der Waals surface area contributed by atoms with E-state index in [9.17, 15) is 8.42 Å². The fourth-order valence-electron chi connectivity index (χ4n) is 1.27. The zero-order chi connectivity index (χ0) is 9.19. The maximum absolute atomic E-state index is 11.6. The minimum atomic E-state index is -3.02. The van der Waals surface area contributed by atoms with E-state index < -0.39 is 15.3 Å². The van der Waals surface area contributed by atoms with Gasteiger partial charge in [0, 0.05) is 6.61 Å². The van der Waals surface area contributed by atoms with Crippen LogP contribution in [0.2, 0.25) is 0 Å². The van der Waals surface area contributed by atoms with Crippen molar-refractivity contribution in [2.24, 2.45) is 0 Å². The van der Waals surface area contributed by atoms with Gasteiger partial charge < -0.3 is 4.74 Å². The van der Waals surface area contributed by atoms with Crippen molar-refractivity contribution >= 4 is 9.84 Å². The lowest BCUT2D eigenvalue weighted by molar-refractivity contribution is 0.0657. The molecule has 0 saturated carbocycles. The minimum Gasteiger partial charge on any atom is -0.362 e. The van der Waals surface area contributed by atoms with E-state index >= 15 is 0 Å². The standard InChI is InChI=1S/C8H16O3S/c1-7(2)12(9,10)8-5-3-4-6-11-8/h7-8H,3-6H2,1-2H3. The molecule has 3 nitrogen and oxygen atoms in total. The Morgan fingerprint density at radius 2 is 2.00 bits per heavy atom. The van der Waals surface area contributed by atoms with Crippen LogP contribution in [0.3, 0.4) is 0 Å². The average molecular weight is 192 g/mol. The van der Waals surface area contributed by atoms with E-state index in [0.717, 1.165) is 12.8 Å². The number of hydrogen-bond donors (Lipinski definition) is 0. The van der Waals surface area contributed by atoms with Crippen molar-refractivity contribution in [2.45, 2.75) is 43.8 Å². The van der Waals surface area contributed by atoms with E-state index in [1.807, 2.05) is 0 Å². The summed E-state index contributed by atoms with van der Waals surface area (Å²) in [6.07, 6.45) is 2.63. The second kappa shape index (κ2) is 3.75. The summed E-state index contributed by atoms with van der Waals surface area (Å²) in [5.74, 6) is 0. The third kappa shape index (κ3) is 1.98. The normalized spacial score (nSPS) is 26.1. The van der Waals surface area contributed by atoms with Gasteiger partial charge in [-0.15, -0.1) is 0 Å². The zero-order valence-corrected chi connectivity index (χ0v) is 8.43. The number of ether oxygens (including phenoxy) is 1. The van der Waals surface area contributed by atoms with E-state index in [-0.39, 0.29) is 5.25 Å². The Labute approximate surface area is 74.0 Å². The van der Waals surface area contributed by atoms with Crippen molar-refractivity contribution in [1.29, 1.82) is 0 Å². The summed E-state index contributed by atoms with van der Waals surface area (Å²) in [6, 6.07) is 0. The Morgan fingerprint density at radius 3 is 2.42 bits per heavy atom. The van der Waals surface area contributed by atoms with Gasteiger partial charge in [-0.1, -0.05) is 0 Å². The summed E-state index contributed by atoms with van der Waals surface area (Å²) in [5.41, 5.74) is -0.536. The molecule has 72 valence electrons. The van der Waals surface area contributed by atoms with Gasteiger partial charge in [0.15, 0.2) is 15.3 Å². The highest BCUT2D eigenvalue weighted by Gasteiger charge is 2.30. The summed E-state index contributed by atoms with van der Waals surface area (Å²) in [6.45, 7) is 4.00. The Balaban J connectivity index is 2.67. The molecule has 1 atom stereocenters. The zero-order valence-electron chi connectivity index (χ0n) is 7.62. The highest BCUT2D eigenvalue weighted by molar-refractivity contribution is 7.92. The molecule has 0 N–H and O–H groups in total. The third-order valence-electron chi connectivity index (χ3n) is 2.16. The van der Waals surface area contributed by atoms with Crippen LogP contribution in [0.15, 0.2) is 0 Å². The second-order valence-electron chi connectivity index (χ2n) is 3.43. The van der Waals surface area contributed by atoms with Gasteiger partial charge >= 0.3 is 0 Å². The first kappa shape index (κ1) is 9.99. The first-order chi connectivity index (χ1) is 5.55. The van der Waals surface area contributed by atoms with Crippen LogP contribution >= 0.6 is 0 Å². The molecular weight excluding hydrogens is 176 g/mol. The molecule has 0 amide bonds. The van der Waals surface area contributed by atoms with Gasteiger partial charge in [0.1, 0.15) is 0 Å². The van der Waals surface area contributed by atoms with Crippen molar-refractivity contribution in [3.8, 4) is 0 Å². The molecule has 0 aromatic carbocycles. The van der Waals surface area contributed by atoms with E-state index in [2.05, 4.69) is 0 Å². The molecule has 1 aliphatic heterocycles. The van der Waals surface area contributed by atoms with E-state index in [4.69, 9.17) is 4.74 Å². The summed E-state index contributed by atoms with van der Waals surface area (Å²) in [7, 11) is -3.02. The van der Waals surface area contributed by atoms with Gasteiger partial charge in [-0.2, -0.15) is 0 Å². The molecular formula is C8H16O3S. The first-order valence-corrected chi connectivity index (χ1v) is 6.00. The molecule has 4 heteroatoms. The fraction of sp³-hybridized carbons (Fsp3) is 1.00. The molecule has 1 saturated heterocycles. The summed E-state index contributed by atoms with van der Waals surface area (Å²) in [5, 5.41) is -0.319. The predicted octanol–water partition coefficient (Wildman–Crippen LogP) is 1.34. The van der Waals surface area contributed by atoms with Crippen LogP contribution in [0, 0.1) is 0 Å². The van der Waals surface area contributed by atoms with Crippen molar-refractivity contribution < 1.29 is 13.2 Å². The van der Waals surface area contributed by atoms with E-state index in [1.54, 1.807) is 13.8 Å². The van der Waals surface area contributed by atoms with Crippen LogP contribution in [0.4, 0.5) is 0 Å². The van der Waals surface area contributed by atoms with Crippen LogP contribution < -0.4 is 0 Å². The molecule has 0 spiro atoms. The topological polar surface area (TPSA) is 43.4 Å². The first-order valence-electron chi connectivity index (χ1n) is 4.39. The average Bonchev–Trinajstić information content (AvgIpc) is 2.06. The summed E-state index contributed by atoms with van der Waals surface area (Å²) in [4.78, 5) is 0. The maximum Gasteiger partial charge on any atom is 0.179 e. The highest BCUT2D eigenvalue weighted by atomic mass is 32.2. The predicted molar refractivity (Wildman–Crippen MR) is 47.6 cm³/mol. The Kier molecular flexibility index (Phi) is 3.12. The molecule has 0 radical (unpaired) electrons. The highest BCUT2D eigenvalue weighted by Crippen LogP contribution is 2.20. The number of sulfone groups is 1. The number of rotatable bonds is 2. The molecule has 1 heterocycles. The maximum atomic E-state index is 11.6. The molecule has 12 heavy (non-hydrogen) atoms. The smallest absolute Gasteiger partial charge is 0.179 e. The van der Waals surface area contributed by atoms with Crippen molar-refractivity contribution in [2.75, 3.05) is 6.61 Å². The lowest BCUT2D eigenvalue weighted by Crippen LogP contribution is -2.33. The molecule has 1 fully saturated rings. The van der Waals surface area contributed by atoms with E-state index in [0.29, 0.717) is 13.0 Å². The van der Waals surface area contributed by atoms with Crippen LogP contribution in [0.25, 0.3) is 0 Å². The van der Waals surface area contributed by atoms with Gasteiger partial charge in [-0.25, -0.2) is 8.42 Å². The SMILES string of the molecule is CC(C)S(=O)(=O)C1CCCCO1. The molecule has 0 bridgehead atoms. The Hall–Kier alpha value is -0.0900. The Morgan fingerprint density at radius 1 is 1.33 bits per heavy atom. The minimum absolute atomic E-state index is 0.319. The molecule has 1 rings (SSSR count). The van der Waals surface area contributed by atoms with E-state index in [1.165, 1.54) is 0 Å². The van der Waals surface area contributed by atoms with Crippen LogP contribution in [0.1, 0.15) is 33.1 Å². The Bertz CT molecular complexity index is 225. The van der Waals surface area contributed by atoms with Gasteiger partial charge in [-0.3, -0.25) is 0 Å². The molecule has 1 unspecified atom stereocenters. The number of hydrogen-bond acceptors (Lipinski definition) is 3. The van der Waals surface area contributed by atoms with Crippen molar-refractivity contribution in [3.05, 3.63) is 0 Å². The second-order valence-corrected chi connectivity index (χ2v) is 6.08. The van der Waals surface area contributed by atoms with Gasteiger partial charge in [0.05, 0.1) is 5.25 Å². The van der Waals surface area contributed by atoms with Crippen LogP contribution in [-0.2, 0) is 14.6 Å². The molecule has 0 aliphatic carbocycles. The van der Waals surface area contributed by atoms with Gasteiger partial charge in [0.2, 0.25) is 0 Å². The quantitative estimate of drug-likeness (QED) is 0.663. The van der Waals surface area contributed by atoms with Crippen molar-refractivity contribution in [1.82, 2.24) is 0 Å². The van der Waals surface area contributed by atoms with Crippen LogP contribution in [-0.4, -0.2) is 25.7 Å². The third-order valence-corrected chi connectivity index (χ3v) is 4.58. The largest absolute Gasteiger partial charge is 0.362 e. The molecule has 1 aliphatic rings.